The summed E-state index contributed by atoms with van der Waals surface area (Å²) in [5, 5.41) is 33.7. The summed E-state index contributed by atoms with van der Waals surface area (Å²) in [6.07, 6.45) is 8.44. The number of aliphatic carboxylic acids is 4. The van der Waals surface area contributed by atoms with Crippen LogP contribution in [0.25, 0.3) is 0 Å². The molecule has 0 aromatic heterocycles. The van der Waals surface area contributed by atoms with Crippen molar-refractivity contribution < 1.29 is 39.6 Å². The van der Waals surface area contributed by atoms with E-state index in [4.69, 9.17) is 20.4 Å². The van der Waals surface area contributed by atoms with Gasteiger partial charge >= 0.3 is 23.9 Å². The summed E-state index contributed by atoms with van der Waals surface area (Å²) in [7, 11) is 0. The second-order valence-corrected chi connectivity index (χ2v) is 6.13. The molecule has 0 unspecified atom stereocenters. The van der Waals surface area contributed by atoms with Crippen LogP contribution in [0.3, 0.4) is 0 Å². The summed E-state index contributed by atoms with van der Waals surface area (Å²) in [6, 6.07) is 0. The fraction of sp³-hybridized carbons (Fsp3) is 0.778. The van der Waals surface area contributed by atoms with Crippen LogP contribution in [-0.4, -0.2) is 44.3 Å². The smallest absolute Gasteiger partial charge is 0.317 e. The van der Waals surface area contributed by atoms with Gasteiger partial charge in [-0.1, -0.05) is 51.9 Å². The maximum absolute atomic E-state index is 10.5. The van der Waals surface area contributed by atoms with E-state index in [9.17, 15) is 19.2 Å². The second kappa shape index (κ2) is 17.7. The fourth-order valence-corrected chi connectivity index (χ4v) is 2.21. The van der Waals surface area contributed by atoms with Crippen molar-refractivity contribution >= 4 is 23.9 Å². The van der Waals surface area contributed by atoms with E-state index in [0.717, 1.165) is 38.5 Å². The summed E-state index contributed by atoms with van der Waals surface area (Å²) in [4.78, 5) is 41.1. The lowest BCUT2D eigenvalue weighted by Gasteiger charge is -2.06. The molecule has 4 N–H and O–H groups in total. The van der Waals surface area contributed by atoms with Crippen molar-refractivity contribution in [3.05, 3.63) is 0 Å². The molecule has 0 atom stereocenters. The molecule has 0 heterocycles. The van der Waals surface area contributed by atoms with Gasteiger partial charge in [-0.15, -0.1) is 0 Å². The van der Waals surface area contributed by atoms with E-state index in [0.29, 0.717) is 19.3 Å². The molecule has 0 bridgehead atoms. The first kappa shape index (κ1) is 26.1. The van der Waals surface area contributed by atoms with Gasteiger partial charge in [0.05, 0.1) is 0 Å². The molecule has 0 rings (SSSR count). The number of carboxylic acid groups (broad SMARTS) is 4. The monoisotopic (exact) mass is 376 g/mol. The van der Waals surface area contributed by atoms with E-state index >= 15 is 0 Å². The molecule has 26 heavy (non-hydrogen) atoms. The van der Waals surface area contributed by atoms with Gasteiger partial charge in [0, 0.05) is 12.8 Å². The number of rotatable bonds is 15. The molecule has 8 heteroatoms. The second-order valence-electron chi connectivity index (χ2n) is 6.13. The van der Waals surface area contributed by atoms with Crippen LogP contribution in [0.1, 0.15) is 84.0 Å². The van der Waals surface area contributed by atoms with Crippen LogP contribution < -0.4 is 0 Å². The van der Waals surface area contributed by atoms with Crippen molar-refractivity contribution in [3.63, 3.8) is 0 Å². The molecular formula is C18H32O8. The lowest BCUT2D eigenvalue weighted by atomic mass is 10.0. The fourth-order valence-electron chi connectivity index (χ4n) is 2.21. The Morgan fingerprint density at radius 3 is 1.35 bits per heavy atom. The standard InChI is InChI=1S/C10H18O4.C8H14O4/c1-2-3-4-5-6-7-8(9(11)12)10(13)14;9-7(10)5-3-1-2-4-6-8(11)12/h8H,2-7H2,1H3,(H,11,12)(H,13,14);1-6H2,(H,9,10)(H,11,12). The highest BCUT2D eigenvalue weighted by atomic mass is 16.4. The average Bonchev–Trinajstić information content (AvgIpc) is 2.53. The Kier molecular flexibility index (Phi) is 17.8. The first-order chi connectivity index (χ1) is 12.2. The third-order valence-electron chi connectivity index (χ3n) is 3.72. The van der Waals surface area contributed by atoms with Crippen LogP contribution in [-0.2, 0) is 19.2 Å². The molecule has 0 amide bonds. The van der Waals surface area contributed by atoms with E-state index in [-0.39, 0.29) is 19.3 Å². The lowest BCUT2D eigenvalue weighted by molar-refractivity contribution is -0.155. The summed E-state index contributed by atoms with van der Waals surface area (Å²) in [5.41, 5.74) is 0. The zero-order valence-electron chi connectivity index (χ0n) is 15.5. The predicted octanol–water partition coefficient (Wildman–Crippen LogP) is 3.63. The molecule has 0 aliphatic heterocycles. The number of unbranched alkanes of at least 4 members (excludes halogenated alkanes) is 7. The third-order valence-corrected chi connectivity index (χ3v) is 3.72. The highest BCUT2D eigenvalue weighted by Crippen LogP contribution is 2.12. The van der Waals surface area contributed by atoms with Crippen molar-refractivity contribution in [2.24, 2.45) is 5.92 Å². The van der Waals surface area contributed by atoms with Crippen molar-refractivity contribution in [3.8, 4) is 0 Å². The quantitative estimate of drug-likeness (QED) is 0.250. The van der Waals surface area contributed by atoms with Crippen LogP contribution in [0.15, 0.2) is 0 Å². The van der Waals surface area contributed by atoms with E-state index in [1.54, 1.807) is 0 Å². The first-order valence-electron chi connectivity index (χ1n) is 9.11. The van der Waals surface area contributed by atoms with Gasteiger partial charge in [-0.3, -0.25) is 19.2 Å². The Morgan fingerprint density at radius 1 is 0.615 bits per heavy atom. The Labute approximate surface area is 154 Å². The molecule has 0 aromatic rings. The van der Waals surface area contributed by atoms with Crippen molar-refractivity contribution in [2.45, 2.75) is 84.0 Å². The number of carbonyl (C=O) groups is 4. The van der Waals surface area contributed by atoms with Crippen molar-refractivity contribution in [1.29, 1.82) is 0 Å². The number of hydrogen-bond donors (Lipinski definition) is 4. The first-order valence-corrected chi connectivity index (χ1v) is 9.11. The van der Waals surface area contributed by atoms with Gasteiger partial charge < -0.3 is 20.4 Å². The minimum atomic E-state index is -1.23. The van der Waals surface area contributed by atoms with Crippen LogP contribution in [0.4, 0.5) is 0 Å². The van der Waals surface area contributed by atoms with Gasteiger partial charge in [0.15, 0.2) is 5.92 Å². The van der Waals surface area contributed by atoms with Gasteiger partial charge in [0.1, 0.15) is 0 Å². The maximum atomic E-state index is 10.5. The molecule has 152 valence electrons. The highest BCUT2D eigenvalue weighted by Gasteiger charge is 2.24. The van der Waals surface area contributed by atoms with E-state index in [1.165, 1.54) is 0 Å². The van der Waals surface area contributed by atoms with Crippen LogP contribution in [0.2, 0.25) is 0 Å². The minimum absolute atomic E-state index is 0.188. The van der Waals surface area contributed by atoms with E-state index < -0.39 is 29.8 Å². The molecule has 0 aliphatic rings. The molecular weight excluding hydrogens is 344 g/mol. The molecule has 0 radical (unpaired) electrons. The van der Waals surface area contributed by atoms with Gasteiger partial charge in [-0.05, 0) is 19.3 Å². The molecule has 0 saturated carbocycles. The summed E-state index contributed by atoms with van der Waals surface area (Å²) >= 11 is 0. The Bertz CT molecular complexity index is 387. The van der Waals surface area contributed by atoms with Gasteiger partial charge in [0.25, 0.3) is 0 Å². The third kappa shape index (κ3) is 19.9. The Hall–Kier alpha value is -2.12. The topological polar surface area (TPSA) is 149 Å². The predicted molar refractivity (Wildman–Crippen MR) is 95.1 cm³/mol. The SMILES string of the molecule is CCCCCCCC(C(=O)O)C(=O)O.O=C(O)CCCCCCC(=O)O. The summed E-state index contributed by atoms with van der Waals surface area (Å²) in [6.45, 7) is 2.09. The van der Waals surface area contributed by atoms with Crippen molar-refractivity contribution in [1.82, 2.24) is 0 Å². The average molecular weight is 376 g/mol. The maximum Gasteiger partial charge on any atom is 0.317 e. The molecule has 0 spiro atoms. The van der Waals surface area contributed by atoms with Gasteiger partial charge in [-0.2, -0.15) is 0 Å². The van der Waals surface area contributed by atoms with E-state index in [1.807, 2.05) is 0 Å². The summed E-state index contributed by atoms with van der Waals surface area (Å²) in [5.74, 6) is -5.25. The minimum Gasteiger partial charge on any atom is -0.481 e. The molecule has 0 saturated heterocycles. The zero-order chi connectivity index (χ0) is 20.4. The zero-order valence-corrected chi connectivity index (χ0v) is 15.5. The Balaban J connectivity index is 0. The lowest BCUT2D eigenvalue weighted by Crippen LogP contribution is -2.23. The van der Waals surface area contributed by atoms with Crippen molar-refractivity contribution in [2.75, 3.05) is 0 Å². The highest BCUT2D eigenvalue weighted by molar-refractivity contribution is 5.92. The van der Waals surface area contributed by atoms with Crippen LogP contribution in [0, 0.1) is 5.92 Å². The number of hydrogen-bond acceptors (Lipinski definition) is 4. The van der Waals surface area contributed by atoms with E-state index in [2.05, 4.69) is 6.92 Å². The van der Waals surface area contributed by atoms with Crippen LogP contribution >= 0.6 is 0 Å². The molecule has 8 nitrogen and oxygen atoms in total. The van der Waals surface area contributed by atoms with Gasteiger partial charge in [0.2, 0.25) is 0 Å². The molecule has 0 aliphatic carbocycles. The normalized spacial score (nSPS) is 10.1. The van der Waals surface area contributed by atoms with Gasteiger partial charge in [-0.25, -0.2) is 0 Å². The molecule has 0 fully saturated rings. The Morgan fingerprint density at radius 2 is 1.00 bits per heavy atom. The van der Waals surface area contributed by atoms with Crippen LogP contribution in [0.5, 0.6) is 0 Å². The molecule has 0 aromatic carbocycles. The largest absolute Gasteiger partial charge is 0.481 e. The summed E-state index contributed by atoms with van der Waals surface area (Å²) < 4.78 is 0. The number of carboxylic acids is 4.